The van der Waals surface area contributed by atoms with Crippen LogP contribution in [0.4, 0.5) is 0 Å². The average molecular weight is 331 g/mol. The van der Waals surface area contributed by atoms with Gasteiger partial charge in [0.25, 0.3) is 0 Å². The monoisotopic (exact) mass is 330 g/mol. The van der Waals surface area contributed by atoms with Gasteiger partial charge < -0.3 is 9.84 Å². The Labute approximate surface area is 138 Å². The molecule has 2 nitrogen and oxygen atoms in total. The van der Waals surface area contributed by atoms with Gasteiger partial charge in [-0.1, -0.05) is 50.6 Å². The van der Waals surface area contributed by atoms with Gasteiger partial charge in [0.1, 0.15) is 12.4 Å². The van der Waals surface area contributed by atoms with E-state index in [9.17, 15) is 5.11 Å². The van der Waals surface area contributed by atoms with E-state index in [2.05, 4.69) is 6.92 Å². The Morgan fingerprint density at radius 3 is 2.48 bits per heavy atom. The van der Waals surface area contributed by atoms with E-state index in [0.29, 0.717) is 11.6 Å². The SMILES string of the molecule is CCCCCCCCSCC(O)COc1ccc(Cl)cc1. The molecule has 0 aliphatic carbocycles. The fourth-order valence-electron chi connectivity index (χ4n) is 1.98. The maximum absolute atomic E-state index is 9.87. The quantitative estimate of drug-likeness (QED) is 0.536. The Morgan fingerprint density at radius 2 is 1.76 bits per heavy atom. The van der Waals surface area contributed by atoms with Crippen LogP contribution < -0.4 is 4.74 Å². The highest BCUT2D eigenvalue weighted by Gasteiger charge is 2.05. The van der Waals surface area contributed by atoms with Gasteiger partial charge in [-0.25, -0.2) is 0 Å². The first-order valence-corrected chi connectivity index (χ1v) is 9.39. The highest BCUT2D eigenvalue weighted by Crippen LogP contribution is 2.16. The van der Waals surface area contributed by atoms with Crippen molar-refractivity contribution in [1.82, 2.24) is 0 Å². The third-order valence-electron chi connectivity index (χ3n) is 3.21. The first-order valence-electron chi connectivity index (χ1n) is 7.86. The molecule has 0 bridgehead atoms. The molecule has 1 aromatic carbocycles. The van der Waals surface area contributed by atoms with E-state index in [1.54, 1.807) is 12.1 Å². The van der Waals surface area contributed by atoms with Gasteiger partial charge >= 0.3 is 0 Å². The molecule has 0 aliphatic heterocycles. The minimum absolute atomic E-state index is 0.338. The number of unbranched alkanes of at least 4 members (excludes halogenated alkanes) is 5. The molecular formula is C17H27ClO2S. The molecule has 0 radical (unpaired) electrons. The number of aliphatic hydroxyl groups is 1. The number of hydrogen-bond donors (Lipinski definition) is 1. The highest BCUT2D eigenvalue weighted by atomic mass is 35.5. The molecule has 120 valence electrons. The van der Waals surface area contributed by atoms with Crippen LogP contribution in [0, 0.1) is 0 Å². The summed E-state index contributed by atoms with van der Waals surface area (Å²) in [5, 5.41) is 10.6. The Hall–Kier alpha value is -0.380. The van der Waals surface area contributed by atoms with E-state index in [0.717, 1.165) is 17.3 Å². The minimum atomic E-state index is -0.411. The largest absolute Gasteiger partial charge is 0.491 e. The predicted octanol–water partition coefficient (Wildman–Crippen LogP) is 5.17. The van der Waals surface area contributed by atoms with Crippen molar-refractivity contribution < 1.29 is 9.84 Å². The van der Waals surface area contributed by atoms with Gasteiger partial charge in [0, 0.05) is 10.8 Å². The molecule has 1 unspecified atom stereocenters. The van der Waals surface area contributed by atoms with Crippen molar-refractivity contribution in [2.24, 2.45) is 0 Å². The van der Waals surface area contributed by atoms with E-state index in [1.807, 2.05) is 23.9 Å². The van der Waals surface area contributed by atoms with Gasteiger partial charge in [0.15, 0.2) is 0 Å². The Balaban J connectivity index is 1.96. The molecule has 1 N–H and O–H groups in total. The molecule has 0 fully saturated rings. The topological polar surface area (TPSA) is 29.5 Å². The van der Waals surface area contributed by atoms with Crippen molar-refractivity contribution in [3.05, 3.63) is 29.3 Å². The molecule has 1 atom stereocenters. The summed E-state index contributed by atoms with van der Waals surface area (Å²) in [6.45, 7) is 2.58. The predicted molar refractivity (Wildman–Crippen MR) is 93.7 cm³/mol. The molecule has 0 saturated carbocycles. The van der Waals surface area contributed by atoms with Crippen molar-refractivity contribution in [2.45, 2.75) is 51.6 Å². The van der Waals surface area contributed by atoms with Gasteiger partial charge in [-0.15, -0.1) is 0 Å². The van der Waals surface area contributed by atoms with Crippen LogP contribution in [0.1, 0.15) is 45.4 Å². The molecule has 1 rings (SSSR count). The van der Waals surface area contributed by atoms with Gasteiger partial charge in [-0.05, 0) is 36.4 Å². The van der Waals surface area contributed by atoms with Crippen LogP contribution in [-0.2, 0) is 0 Å². The molecule has 0 spiro atoms. The Morgan fingerprint density at radius 1 is 1.10 bits per heavy atom. The zero-order chi connectivity index (χ0) is 15.3. The maximum Gasteiger partial charge on any atom is 0.119 e. The maximum atomic E-state index is 9.87. The average Bonchev–Trinajstić information content (AvgIpc) is 2.49. The summed E-state index contributed by atoms with van der Waals surface area (Å²) in [6.07, 6.45) is 7.51. The summed E-state index contributed by atoms with van der Waals surface area (Å²) >= 11 is 7.62. The van der Waals surface area contributed by atoms with Gasteiger partial charge in [0.05, 0.1) is 6.10 Å². The van der Waals surface area contributed by atoms with E-state index >= 15 is 0 Å². The molecule has 0 amide bonds. The molecule has 1 aromatic rings. The summed E-state index contributed by atoms with van der Waals surface area (Å²) < 4.78 is 5.52. The van der Waals surface area contributed by atoms with Crippen molar-refractivity contribution in [1.29, 1.82) is 0 Å². The number of hydrogen-bond acceptors (Lipinski definition) is 3. The van der Waals surface area contributed by atoms with Crippen LogP contribution in [0.15, 0.2) is 24.3 Å². The first kappa shape index (κ1) is 18.7. The second kappa shape index (κ2) is 12.2. The molecular weight excluding hydrogens is 304 g/mol. The lowest BCUT2D eigenvalue weighted by Crippen LogP contribution is -2.20. The van der Waals surface area contributed by atoms with Crippen LogP contribution in [0.2, 0.25) is 5.02 Å². The fourth-order valence-corrected chi connectivity index (χ4v) is 3.04. The number of thioether (sulfide) groups is 1. The zero-order valence-electron chi connectivity index (χ0n) is 12.9. The minimum Gasteiger partial charge on any atom is -0.491 e. The number of ether oxygens (including phenoxy) is 1. The first-order chi connectivity index (χ1) is 10.2. The molecule has 4 heteroatoms. The summed E-state index contributed by atoms with van der Waals surface area (Å²) in [5.74, 6) is 2.62. The highest BCUT2D eigenvalue weighted by molar-refractivity contribution is 7.99. The van der Waals surface area contributed by atoms with E-state index in [-0.39, 0.29) is 0 Å². The normalized spacial score (nSPS) is 12.3. The van der Waals surface area contributed by atoms with Gasteiger partial charge in [-0.3, -0.25) is 0 Å². The number of benzene rings is 1. The second-order valence-electron chi connectivity index (χ2n) is 5.26. The summed E-state index contributed by atoms with van der Waals surface area (Å²) in [7, 11) is 0. The summed E-state index contributed by atoms with van der Waals surface area (Å²) in [6, 6.07) is 7.21. The standard InChI is InChI=1S/C17H27ClO2S/c1-2-3-4-5-6-7-12-21-14-16(19)13-20-17-10-8-15(18)9-11-17/h8-11,16,19H,2-7,12-14H2,1H3. The molecule has 21 heavy (non-hydrogen) atoms. The van der Waals surface area contributed by atoms with Crippen molar-refractivity contribution >= 4 is 23.4 Å². The molecule has 0 heterocycles. The van der Waals surface area contributed by atoms with Crippen LogP contribution in [0.3, 0.4) is 0 Å². The number of rotatable bonds is 12. The van der Waals surface area contributed by atoms with Crippen LogP contribution in [0.5, 0.6) is 5.75 Å². The van der Waals surface area contributed by atoms with Gasteiger partial charge in [0.2, 0.25) is 0 Å². The Bertz CT molecular complexity index is 356. The smallest absolute Gasteiger partial charge is 0.119 e. The lowest BCUT2D eigenvalue weighted by molar-refractivity contribution is 0.126. The van der Waals surface area contributed by atoms with Crippen molar-refractivity contribution in [2.75, 3.05) is 18.1 Å². The molecule has 0 aliphatic rings. The van der Waals surface area contributed by atoms with E-state index < -0.39 is 6.10 Å². The summed E-state index contributed by atoms with van der Waals surface area (Å²) in [4.78, 5) is 0. The van der Waals surface area contributed by atoms with E-state index in [1.165, 1.54) is 38.5 Å². The van der Waals surface area contributed by atoms with Crippen LogP contribution in [-0.4, -0.2) is 29.3 Å². The lowest BCUT2D eigenvalue weighted by atomic mass is 10.1. The number of halogens is 1. The Kier molecular flexibility index (Phi) is 10.8. The number of aliphatic hydroxyl groups excluding tert-OH is 1. The van der Waals surface area contributed by atoms with Crippen LogP contribution in [0.25, 0.3) is 0 Å². The molecule has 0 saturated heterocycles. The third kappa shape index (κ3) is 10.0. The zero-order valence-corrected chi connectivity index (χ0v) is 14.5. The third-order valence-corrected chi connectivity index (χ3v) is 4.66. The fraction of sp³-hybridized carbons (Fsp3) is 0.647. The summed E-state index contributed by atoms with van der Waals surface area (Å²) in [5.41, 5.74) is 0. The lowest BCUT2D eigenvalue weighted by Gasteiger charge is -2.12. The molecule has 0 aromatic heterocycles. The van der Waals surface area contributed by atoms with Gasteiger partial charge in [-0.2, -0.15) is 11.8 Å². The van der Waals surface area contributed by atoms with Crippen molar-refractivity contribution in [3.63, 3.8) is 0 Å². The van der Waals surface area contributed by atoms with Crippen molar-refractivity contribution in [3.8, 4) is 5.75 Å². The van der Waals surface area contributed by atoms with Crippen LogP contribution >= 0.6 is 23.4 Å². The second-order valence-corrected chi connectivity index (χ2v) is 6.85. The van der Waals surface area contributed by atoms with E-state index in [4.69, 9.17) is 16.3 Å².